The molecule has 0 saturated carbocycles. The van der Waals surface area contributed by atoms with E-state index in [9.17, 15) is 8.42 Å². The van der Waals surface area contributed by atoms with Crippen molar-refractivity contribution in [1.29, 1.82) is 0 Å². The summed E-state index contributed by atoms with van der Waals surface area (Å²) in [6.07, 6.45) is 1.45. The lowest BCUT2D eigenvalue weighted by atomic mass is 10.3. The third-order valence-electron chi connectivity index (χ3n) is 3.63. The van der Waals surface area contributed by atoms with Gasteiger partial charge in [0.25, 0.3) is 0 Å². The molecule has 0 aliphatic rings. The first-order valence-corrected chi connectivity index (χ1v) is 11.1. The molecule has 1 heterocycles. The van der Waals surface area contributed by atoms with Crippen molar-refractivity contribution in [2.75, 3.05) is 5.32 Å². The molecule has 1 aromatic heterocycles. The number of furan rings is 1. The molecular formula is C19H17BrN4O3S2. The number of halogens is 1. The van der Waals surface area contributed by atoms with Crippen LogP contribution in [-0.4, -0.2) is 19.7 Å². The van der Waals surface area contributed by atoms with Crippen LogP contribution in [0.5, 0.6) is 0 Å². The number of sulfonamides is 1. The molecule has 0 saturated heterocycles. The van der Waals surface area contributed by atoms with Gasteiger partial charge in [-0.1, -0.05) is 34.1 Å². The molecule has 3 N–H and O–H groups in total. The van der Waals surface area contributed by atoms with Crippen molar-refractivity contribution in [2.45, 2.75) is 11.4 Å². The standard InChI is InChI=1S/C19H17BrN4O3S2/c20-14-6-10-18(11-7-14)29(25,26)22-13-17-9-8-16(27-17)12-21-24-19(28)23-15-4-2-1-3-5-15/h1-12,22H,13H2,(H2,23,24,28)/b21-12+. The van der Waals surface area contributed by atoms with Crippen LogP contribution >= 0.6 is 28.1 Å². The largest absolute Gasteiger partial charge is 0.459 e. The van der Waals surface area contributed by atoms with Gasteiger partial charge in [-0.2, -0.15) is 5.10 Å². The number of hydrogen-bond donors (Lipinski definition) is 3. The molecule has 0 amide bonds. The maximum absolute atomic E-state index is 12.3. The lowest BCUT2D eigenvalue weighted by Gasteiger charge is -2.06. The summed E-state index contributed by atoms with van der Waals surface area (Å²) in [6, 6.07) is 19.2. The van der Waals surface area contributed by atoms with Gasteiger partial charge in [-0.05, 0) is 60.7 Å². The van der Waals surface area contributed by atoms with E-state index in [0.717, 1.165) is 10.2 Å². The van der Waals surface area contributed by atoms with Crippen LogP contribution in [0.25, 0.3) is 0 Å². The molecular weight excluding hydrogens is 476 g/mol. The highest BCUT2D eigenvalue weighted by Gasteiger charge is 2.14. The van der Waals surface area contributed by atoms with Crippen molar-refractivity contribution in [2.24, 2.45) is 5.10 Å². The maximum atomic E-state index is 12.3. The van der Waals surface area contributed by atoms with Gasteiger partial charge in [0.1, 0.15) is 11.5 Å². The summed E-state index contributed by atoms with van der Waals surface area (Å²) in [5.74, 6) is 0.912. The Kier molecular flexibility index (Phi) is 7.15. The summed E-state index contributed by atoms with van der Waals surface area (Å²) < 4.78 is 33.4. The Hall–Kier alpha value is -2.53. The molecule has 0 aliphatic carbocycles. The smallest absolute Gasteiger partial charge is 0.240 e. The van der Waals surface area contributed by atoms with E-state index < -0.39 is 10.0 Å². The molecule has 0 radical (unpaired) electrons. The Morgan fingerprint density at radius 3 is 2.52 bits per heavy atom. The van der Waals surface area contributed by atoms with E-state index in [4.69, 9.17) is 16.6 Å². The number of hydrazone groups is 1. The van der Waals surface area contributed by atoms with E-state index in [1.807, 2.05) is 30.3 Å². The molecule has 0 aliphatic heterocycles. The van der Waals surface area contributed by atoms with Crippen LogP contribution in [0.15, 0.2) is 85.6 Å². The average Bonchev–Trinajstić information content (AvgIpc) is 3.15. The van der Waals surface area contributed by atoms with Crippen LogP contribution in [-0.2, 0) is 16.6 Å². The molecule has 0 bridgehead atoms. The minimum absolute atomic E-state index is 0.0215. The Balaban J connectivity index is 1.50. The lowest BCUT2D eigenvalue weighted by molar-refractivity contribution is 0.493. The molecule has 3 rings (SSSR count). The third-order valence-corrected chi connectivity index (χ3v) is 5.77. The predicted octanol–water partition coefficient (Wildman–Crippen LogP) is 3.84. The Morgan fingerprint density at radius 1 is 1.07 bits per heavy atom. The van der Waals surface area contributed by atoms with E-state index in [-0.39, 0.29) is 11.4 Å². The first-order valence-electron chi connectivity index (χ1n) is 8.41. The monoisotopic (exact) mass is 492 g/mol. The Bertz CT molecular complexity index is 1100. The van der Waals surface area contributed by atoms with Gasteiger partial charge >= 0.3 is 0 Å². The summed E-state index contributed by atoms with van der Waals surface area (Å²) in [5, 5.41) is 7.32. The second kappa shape index (κ2) is 9.79. The van der Waals surface area contributed by atoms with Gasteiger partial charge in [-0.3, -0.25) is 5.43 Å². The molecule has 7 nitrogen and oxygen atoms in total. The van der Waals surface area contributed by atoms with Crippen molar-refractivity contribution in [3.63, 3.8) is 0 Å². The molecule has 0 spiro atoms. The van der Waals surface area contributed by atoms with E-state index >= 15 is 0 Å². The SMILES string of the molecule is O=S(=O)(NCc1ccc(/C=N/NC(=S)Nc2ccccc2)o1)c1ccc(Br)cc1. The highest BCUT2D eigenvalue weighted by Crippen LogP contribution is 2.15. The highest BCUT2D eigenvalue weighted by molar-refractivity contribution is 9.10. The van der Waals surface area contributed by atoms with Crippen molar-refractivity contribution in [1.82, 2.24) is 10.1 Å². The molecule has 0 atom stereocenters. The van der Waals surface area contributed by atoms with E-state index in [0.29, 0.717) is 16.6 Å². The fraction of sp³-hybridized carbons (Fsp3) is 0.0526. The summed E-state index contributed by atoms with van der Waals surface area (Å²) >= 11 is 8.42. The zero-order chi connectivity index (χ0) is 20.7. The number of anilines is 1. The van der Waals surface area contributed by atoms with Crippen LogP contribution in [0.1, 0.15) is 11.5 Å². The Morgan fingerprint density at radius 2 is 1.79 bits per heavy atom. The Labute approximate surface area is 182 Å². The third kappa shape index (κ3) is 6.50. The number of nitrogens with one attached hydrogen (secondary N) is 3. The second-order valence-corrected chi connectivity index (χ2v) is 8.86. The van der Waals surface area contributed by atoms with Gasteiger partial charge in [0.2, 0.25) is 10.0 Å². The van der Waals surface area contributed by atoms with Gasteiger partial charge < -0.3 is 9.73 Å². The fourth-order valence-electron chi connectivity index (χ4n) is 2.26. The molecule has 0 fully saturated rings. The molecule has 10 heteroatoms. The minimum atomic E-state index is -3.63. The zero-order valence-corrected chi connectivity index (χ0v) is 18.2. The van der Waals surface area contributed by atoms with Crippen LogP contribution in [0.2, 0.25) is 0 Å². The van der Waals surface area contributed by atoms with Gasteiger partial charge in [0.15, 0.2) is 5.11 Å². The van der Waals surface area contributed by atoms with Crippen LogP contribution in [0, 0.1) is 0 Å². The highest BCUT2D eigenvalue weighted by atomic mass is 79.9. The van der Waals surface area contributed by atoms with Crippen molar-refractivity contribution in [3.05, 3.63) is 82.7 Å². The first-order chi connectivity index (χ1) is 13.9. The van der Waals surface area contributed by atoms with Gasteiger partial charge in [-0.15, -0.1) is 0 Å². The first kappa shape index (κ1) is 21.2. The zero-order valence-electron chi connectivity index (χ0n) is 15.0. The topological polar surface area (TPSA) is 95.7 Å². The summed E-state index contributed by atoms with van der Waals surface area (Å²) in [6.45, 7) is 0.0215. The number of rotatable bonds is 7. The second-order valence-electron chi connectivity index (χ2n) is 5.77. The van der Waals surface area contributed by atoms with Crippen molar-refractivity contribution >= 4 is 55.2 Å². The summed E-state index contributed by atoms with van der Waals surface area (Å²) in [4.78, 5) is 0.178. The lowest BCUT2D eigenvalue weighted by Crippen LogP contribution is -2.23. The summed E-state index contributed by atoms with van der Waals surface area (Å²) in [7, 11) is -3.63. The van der Waals surface area contributed by atoms with Crippen molar-refractivity contribution < 1.29 is 12.8 Å². The van der Waals surface area contributed by atoms with E-state index in [1.165, 1.54) is 18.3 Å². The van der Waals surface area contributed by atoms with Crippen LogP contribution in [0.3, 0.4) is 0 Å². The van der Waals surface area contributed by atoms with E-state index in [1.54, 1.807) is 24.3 Å². The fourth-order valence-corrected chi connectivity index (χ4v) is 3.69. The predicted molar refractivity (Wildman–Crippen MR) is 120 cm³/mol. The molecule has 29 heavy (non-hydrogen) atoms. The summed E-state index contributed by atoms with van der Waals surface area (Å²) in [5.41, 5.74) is 3.53. The van der Waals surface area contributed by atoms with Gasteiger partial charge in [-0.25, -0.2) is 13.1 Å². The average molecular weight is 493 g/mol. The van der Waals surface area contributed by atoms with Gasteiger partial charge in [0.05, 0.1) is 17.7 Å². The van der Waals surface area contributed by atoms with Gasteiger partial charge in [0, 0.05) is 10.2 Å². The van der Waals surface area contributed by atoms with Crippen molar-refractivity contribution in [3.8, 4) is 0 Å². The number of benzene rings is 2. The minimum Gasteiger partial charge on any atom is -0.459 e. The number of hydrogen-bond acceptors (Lipinski definition) is 5. The quantitative estimate of drug-likeness (QED) is 0.263. The molecule has 0 unspecified atom stereocenters. The number of para-hydroxylation sites is 1. The van der Waals surface area contributed by atoms with Crippen LogP contribution < -0.4 is 15.5 Å². The number of thiocarbonyl (C=S) groups is 1. The van der Waals surface area contributed by atoms with E-state index in [2.05, 4.69) is 36.5 Å². The molecule has 3 aromatic rings. The molecule has 2 aromatic carbocycles. The maximum Gasteiger partial charge on any atom is 0.240 e. The normalized spacial score (nSPS) is 11.5. The van der Waals surface area contributed by atoms with Crippen LogP contribution in [0.4, 0.5) is 5.69 Å². The number of nitrogens with zero attached hydrogens (tertiary/aromatic N) is 1. The molecule has 150 valence electrons.